The zero-order chi connectivity index (χ0) is 33.3. The molecular weight excluding hydrogens is 591 g/mol. The molecule has 1 nitrogen and oxygen atoms in total. The highest BCUT2D eigenvalue weighted by atomic mass is 15.1. The molecule has 2 aliphatic carbocycles. The molecule has 49 heavy (non-hydrogen) atoms. The summed E-state index contributed by atoms with van der Waals surface area (Å²) in [5.41, 5.74) is 15.0. The van der Waals surface area contributed by atoms with Crippen LogP contribution in [-0.2, 0) is 10.8 Å². The van der Waals surface area contributed by atoms with Crippen LogP contribution >= 0.6 is 0 Å². The van der Waals surface area contributed by atoms with Crippen molar-refractivity contribution in [3.63, 3.8) is 0 Å². The number of hydrogen-bond donors (Lipinski definition) is 0. The van der Waals surface area contributed by atoms with E-state index in [9.17, 15) is 0 Å². The largest absolute Gasteiger partial charge is 0.310 e. The average Bonchev–Trinajstić information content (AvgIpc) is 3.60. The summed E-state index contributed by atoms with van der Waals surface area (Å²) in [6, 6.07) is 53.1. The molecule has 9 rings (SSSR count). The van der Waals surface area contributed by atoms with E-state index in [1.165, 1.54) is 83.1 Å². The highest BCUT2D eigenvalue weighted by Crippen LogP contribution is 2.56. The standard InChI is InChI=1S/C48H43N/c1-5-47(6-2)43-20-14-13-19-39(43)41-30-37(23-25-44(41)47)49(36-22-21-32-15-9-10-16-33(32)27-36)38-24-26-45-42(31-38)40-28-34-17-11-12-18-35(34)29-46(40)48(45,7-3)8-4/h9-31H,5-8H2,1-4H3. The van der Waals surface area contributed by atoms with Gasteiger partial charge in [-0.2, -0.15) is 0 Å². The number of hydrogen-bond acceptors (Lipinski definition) is 1. The molecule has 0 atom stereocenters. The Labute approximate surface area is 290 Å². The predicted molar refractivity (Wildman–Crippen MR) is 210 cm³/mol. The molecule has 240 valence electrons. The fourth-order valence-electron chi connectivity index (χ4n) is 9.69. The summed E-state index contributed by atoms with van der Waals surface area (Å²) in [7, 11) is 0. The maximum absolute atomic E-state index is 2.49. The molecule has 0 aromatic heterocycles. The molecule has 0 saturated carbocycles. The first-order valence-electron chi connectivity index (χ1n) is 18.3. The van der Waals surface area contributed by atoms with Crippen LogP contribution in [0.5, 0.6) is 0 Å². The zero-order valence-corrected chi connectivity index (χ0v) is 29.1. The van der Waals surface area contributed by atoms with E-state index in [4.69, 9.17) is 0 Å². The van der Waals surface area contributed by atoms with Crippen LogP contribution < -0.4 is 4.90 Å². The van der Waals surface area contributed by atoms with Crippen LogP contribution in [0.1, 0.15) is 75.6 Å². The summed E-state index contributed by atoms with van der Waals surface area (Å²) in [6.45, 7) is 9.43. The smallest absolute Gasteiger partial charge is 0.0468 e. The minimum absolute atomic E-state index is 0.0158. The summed E-state index contributed by atoms with van der Waals surface area (Å²) < 4.78 is 0. The van der Waals surface area contributed by atoms with Crippen molar-refractivity contribution in [1.82, 2.24) is 0 Å². The Morgan fingerprint density at radius 1 is 0.347 bits per heavy atom. The molecule has 0 bridgehead atoms. The lowest BCUT2D eigenvalue weighted by atomic mass is 9.73. The van der Waals surface area contributed by atoms with Gasteiger partial charge in [-0.15, -0.1) is 0 Å². The third kappa shape index (κ3) is 4.18. The first kappa shape index (κ1) is 30.0. The fourth-order valence-corrected chi connectivity index (χ4v) is 9.69. The number of fused-ring (bicyclic) bond motifs is 8. The molecule has 7 aromatic rings. The van der Waals surface area contributed by atoms with Crippen molar-refractivity contribution in [2.75, 3.05) is 4.90 Å². The second kappa shape index (κ2) is 11.2. The highest BCUT2D eigenvalue weighted by molar-refractivity contribution is 5.96. The Hall–Kier alpha value is -5.14. The molecule has 7 aromatic carbocycles. The van der Waals surface area contributed by atoms with Crippen molar-refractivity contribution in [3.05, 3.63) is 162 Å². The van der Waals surface area contributed by atoms with Crippen LogP contribution in [0.4, 0.5) is 17.1 Å². The SMILES string of the molecule is CCC1(CC)c2ccccc2-c2cc(N(c3ccc4c(c3)-c3cc5ccccc5cc3C4(CC)CC)c3ccc4ccccc4c3)ccc21. The number of rotatable bonds is 7. The van der Waals surface area contributed by atoms with Crippen molar-refractivity contribution in [3.8, 4) is 22.3 Å². The van der Waals surface area contributed by atoms with Gasteiger partial charge in [-0.3, -0.25) is 0 Å². The third-order valence-corrected chi connectivity index (χ3v) is 12.4. The zero-order valence-electron chi connectivity index (χ0n) is 29.1. The van der Waals surface area contributed by atoms with Crippen LogP contribution in [0.2, 0.25) is 0 Å². The Kier molecular flexibility index (Phi) is 6.85. The Morgan fingerprint density at radius 2 is 0.776 bits per heavy atom. The van der Waals surface area contributed by atoms with Crippen molar-refractivity contribution < 1.29 is 0 Å². The molecule has 0 heterocycles. The average molecular weight is 634 g/mol. The monoisotopic (exact) mass is 633 g/mol. The molecule has 0 saturated heterocycles. The van der Waals surface area contributed by atoms with Gasteiger partial charge in [0, 0.05) is 27.9 Å². The fraction of sp³-hybridized carbons (Fsp3) is 0.208. The van der Waals surface area contributed by atoms with E-state index < -0.39 is 0 Å². The van der Waals surface area contributed by atoms with Crippen LogP contribution in [0, 0.1) is 0 Å². The molecule has 0 aliphatic heterocycles. The van der Waals surface area contributed by atoms with Crippen LogP contribution in [-0.4, -0.2) is 0 Å². The number of benzene rings is 7. The molecule has 2 aliphatic rings. The lowest BCUT2D eigenvalue weighted by molar-refractivity contribution is 0.490. The summed E-state index contributed by atoms with van der Waals surface area (Å²) in [5.74, 6) is 0. The third-order valence-electron chi connectivity index (χ3n) is 12.4. The second-order valence-corrected chi connectivity index (χ2v) is 14.2. The molecule has 0 fully saturated rings. The van der Waals surface area contributed by atoms with Gasteiger partial charge in [0.25, 0.3) is 0 Å². The van der Waals surface area contributed by atoms with E-state index in [2.05, 4.69) is 172 Å². The molecule has 0 radical (unpaired) electrons. The normalized spacial score (nSPS) is 14.8. The first-order valence-corrected chi connectivity index (χ1v) is 18.3. The second-order valence-electron chi connectivity index (χ2n) is 14.2. The molecule has 0 amide bonds. The van der Waals surface area contributed by atoms with E-state index in [1.54, 1.807) is 0 Å². The van der Waals surface area contributed by atoms with Crippen molar-refractivity contribution in [2.45, 2.75) is 64.2 Å². The van der Waals surface area contributed by atoms with Gasteiger partial charge >= 0.3 is 0 Å². The highest BCUT2D eigenvalue weighted by Gasteiger charge is 2.42. The summed E-state index contributed by atoms with van der Waals surface area (Å²) >= 11 is 0. The lowest BCUT2D eigenvalue weighted by Crippen LogP contribution is -2.23. The minimum Gasteiger partial charge on any atom is -0.310 e. The van der Waals surface area contributed by atoms with Crippen LogP contribution in [0.25, 0.3) is 43.8 Å². The Morgan fingerprint density at radius 3 is 1.41 bits per heavy atom. The van der Waals surface area contributed by atoms with Crippen molar-refractivity contribution >= 4 is 38.6 Å². The van der Waals surface area contributed by atoms with Gasteiger partial charge in [-0.1, -0.05) is 119 Å². The maximum atomic E-state index is 2.49. The maximum Gasteiger partial charge on any atom is 0.0468 e. The van der Waals surface area contributed by atoms with E-state index in [0.29, 0.717) is 0 Å². The van der Waals surface area contributed by atoms with E-state index in [-0.39, 0.29) is 10.8 Å². The van der Waals surface area contributed by atoms with Gasteiger partial charge in [0.2, 0.25) is 0 Å². The Bertz CT molecular complexity index is 2400. The molecule has 0 N–H and O–H groups in total. The molecule has 1 heteroatoms. The quantitative estimate of drug-likeness (QED) is 0.169. The molecular formula is C48H43N. The van der Waals surface area contributed by atoms with Gasteiger partial charge in [0.05, 0.1) is 0 Å². The van der Waals surface area contributed by atoms with Gasteiger partial charge < -0.3 is 4.90 Å². The Balaban J connectivity index is 1.29. The first-order chi connectivity index (χ1) is 24.0. The van der Waals surface area contributed by atoms with Gasteiger partial charge in [-0.05, 0) is 140 Å². The van der Waals surface area contributed by atoms with Crippen LogP contribution in [0.15, 0.2) is 140 Å². The minimum atomic E-state index is 0.0158. The van der Waals surface area contributed by atoms with Crippen LogP contribution in [0.3, 0.4) is 0 Å². The van der Waals surface area contributed by atoms with Gasteiger partial charge in [0.15, 0.2) is 0 Å². The van der Waals surface area contributed by atoms with E-state index in [1.807, 2.05) is 0 Å². The molecule has 0 unspecified atom stereocenters. The van der Waals surface area contributed by atoms with Crippen molar-refractivity contribution in [1.29, 1.82) is 0 Å². The van der Waals surface area contributed by atoms with Gasteiger partial charge in [-0.25, -0.2) is 0 Å². The number of nitrogens with zero attached hydrogens (tertiary/aromatic N) is 1. The summed E-state index contributed by atoms with van der Waals surface area (Å²) in [4.78, 5) is 2.49. The lowest BCUT2D eigenvalue weighted by Gasteiger charge is -2.31. The van der Waals surface area contributed by atoms with Gasteiger partial charge in [0.1, 0.15) is 0 Å². The topological polar surface area (TPSA) is 3.24 Å². The predicted octanol–water partition coefficient (Wildman–Crippen LogP) is 13.6. The summed E-state index contributed by atoms with van der Waals surface area (Å²) in [5, 5.41) is 5.14. The van der Waals surface area contributed by atoms with E-state index in [0.717, 1.165) is 25.7 Å². The van der Waals surface area contributed by atoms with E-state index >= 15 is 0 Å². The number of anilines is 3. The molecule has 0 spiro atoms. The van der Waals surface area contributed by atoms with Crippen molar-refractivity contribution in [2.24, 2.45) is 0 Å². The summed E-state index contributed by atoms with van der Waals surface area (Å²) in [6.07, 6.45) is 4.35.